The largest absolute Gasteiger partial charge is 0.496 e. The number of hydrogen-bond donors (Lipinski definition) is 1. The second kappa shape index (κ2) is 6.71. The van der Waals surface area contributed by atoms with Crippen molar-refractivity contribution in [1.29, 1.82) is 0 Å². The Kier molecular flexibility index (Phi) is 4.97. The molecule has 3 heteroatoms. The van der Waals surface area contributed by atoms with E-state index in [1.165, 1.54) is 12.5 Å². The van der Waals surface area contributed by atoms with Crippen LogP contribution in [0.2, 0.25) is 0 Å². The minimum absolute atomic E-state index is 0.0398. The highest BCUT2D eigenvalue weighted by atomic mass is 19.1. The normalized spacial score (nSPS) is 20.3. The predicted octanol–water partition coefficient (Wildman–Crippen LogP) is 3.84. The molecule has 2 nitrogen and oxygen atoms in total. The van der Waals surface area contributed by atoms with Crippen molar-refractivity contribution in [2.45, 2.75) is 32.2 Å². The van der Waals surface area contributed by atoms with Crippen molar-refractivity contribution in [1.82, 2.24) is 5.32 Å². The van der Waals surface area contributed by atoms with Crippen LogP contribution in [0.3, 0.4) is 0 Å². The van der Waals surface area contributed by atoms with Crippen molar-refractivity contribution >= 4 is 0 Å². The maximum Gasteiger partial charge on any atom is 0.131 e. The van der Waals surface area contributed by atoms with Gasteiger partial charge in [-0.05, 0) is 50.8 Å². The quantitative estimate of drug-likeness (QED) is 0.815. The molecule has 0 saturated heterocycles. The summed E-state index contributed by atoms with van der Waals surface area (Å²) in [4.78, 5) is 0. The van der Waals surface area contributed by atoms with Crippen LogP contribution in [-0.2, 0) is 0 Å². The van der Waals surface area contributed by atoms with Gasteiger partial charge in [0.2, 0.25) is 0 Å². The molecule has 0 radical (unpaired) electrons. The van der Waals surface area contributed by atoms with Gasteiger partial charge >= 0.3 is 0 Å². The van der Waals surface area contributed by atoms with E-state index in [-0.39, 0.29) is 11.9 Å². The van der Waals surface area contributed by atoms with Gasteiger partial charge in [-0.2, -0.15) is 0 Å². The maximum atomic E-state index is 13.9. The smallest absolute Gasteiger partial charge is 0.131 e. The van der Waals surface area contributed by atoms with Crippen molar-refractivity contribution in [3.63, 3.8) is 0 Å². The molecule has 2 atom stereocenters. The first kappa shape index (κ1) is 14.1. The molecule has 0 aliphatic heterocycles. The zero-order valence-electron chi connectivity index (χ0n) is 11.7. The highest BCUT2D eigenvalue weighted by Crippen LogP contribution is 2.28. The van der Waals surface area contributed by atoms with Crippen LogP contribution in [0.15, 0.2) is 30.4 Å². The number of allylic oxidation sites excluding steroid dienone is 2. The topological polar surface area (TPSA) is 21.3 Å². The Balaban J connectivity index is 1.99. The average Bonchev–Trinajstić information content (AvgIpc) is 2.45. The number of benzene rings is 1. The highest BCUT2D eigenvalue weighted by Gasteiger charge is 2.17. The number of nitrogens with one attached hydrogen (secondary N) is 1. The second-order valence-electron chi connectivity index (χ2n) is 5.14. The van der Waals surface area contributed by atoms with E-state index in [2.05, 4.69) is 17.5 Å². The molecule has 0 saturated carbocycles. The first-order valence-corrected chi connectivity index (χ1v) is 6.93. The molecule has 1 aromatic rings. The van der Waals surface area contributed by atoms with E-state index in [1.54, 1.807) is 19.2 Å². The molecule has 0 fully saturated rings. The third-order valence-corrected chi connectivity index (χ3v) is 3.76. The van der Waals surface area contributed by atoms with Crippen LogP contribution in [0.4, 0.5) is 4.39 Å². The van der Waals surface area contributed by atoms with Crippen molar-refractivity contribution in [3.8, 4) is 5.75 Å². The summed E-state index contributed by atoms with van der Waals surface area (Å²) < 4.78 is 19.2. The van der Waals surface area contributed by atoms with Crippen LogP contribution >= 0.6 is 0 Å². The van der Waals surface area contributed by atoms with Gasteiger partial charge < -0.3 is 10.1 Å². The van der Waals surface area contributed by atoms with E-state index in [1.807, 2.05) is 6.92 Å². The Morgan fingerprint density at radius 1 is 1.42 bits per heavy atom. The lowest BCUT2D eigenvalue weighted by Gasteiger charge is -2.23. The van der Waals surface area contributed by atoms with Gasteiger partial charge in [0.1, 0.15) is 11.6 Å². The maximum absolute atomic E-state index is 13.9. The van der Waals surface area contributed by atoms with E-state index in [4.69, 9.17) is 4.74 Å². The van der Waals surface area contributed by atoms with Crippen LogP contribution < -0.4 is 10.1 Å². The molecule has 1 aliphatic carbocycles. The second-order valence-corrected chi connectivity index (χ2v) is 5.14. The number of halogens is 1. The number of hydrogen-bond acceptors (Lipinski definition) is 2. The van der Waals surface area contributed by atoms with Crippen LogP contribution in [0.1, 0.15) is 37.8 Å². The van der Waals surface area contributed by atoms with E-state index in [0.29, 0.717) is 17.2 Å². The summed E-state index contributed by atoms with van der Waals surface area (Å²) >= 11 is 0. The lowest BCUT2D eigenvalue weighted by atomic mass is 9.94. The van der Waals surface area contributed by atoms with E-state index >= 15 is 0 Å². The molecule has 0 spiro atoms. The molecule has 0 aromatic heterocycles. The highest BCUT2D eigenvalue weighted by molar-refractivity contribution is 5.36. The summed E-state index contributed by atoms with van der Waals surface area (Å²) in [6.07, 6.45) is 7.96. The van der Waals surface area contributed by atoms with Gasteiger partial charge in [0.25, 0.3) is 0 Å². The van der Waals surface area contributed by atoms with Gasteiger partial charge in [-0.25, -0.2) is 4.39 Å². The van der Waals surface area contributed by atoms with Gasteiger partial charge in [0, 0.05) is 11.6 Å². The molecule has 1 aromatic carbocycles. The fourth-order valence-corrected chi connectivity index (χ4v) is 2.60. The number of methoxy groups -OCH3 is 1. The molecule has 19 heavy (non-hydrogen) atoms. The van der Waals surface area contributed by atoms with Crippen LogP contribution in [0, 0.1) is 11.7 Å². The van der Waals surface area contributed by atoms with Gasteiger partial charge in [0.05, 0.1) is 7.11 Å². The zero-order chi connectivity index (χ0) is 13.7. The molecular formula is C16H22FNO. The van der Waals surface area contributed by atoms with Crippen LogP contribution in [0.25, 0.3) is 0 Å². The number of ether oxygens (including phenoxy) is 1. The van der Waals surface area contributed by atoms with Crippen molar-refractivity contribution in [2.75, 3.05) is 13.7 Å². The molecule has 0 amide bonds. The van der Waals surface area contributed by atoms with Gasteiger partial charge in [-0.3, -0.25) is 0 Å². The Bertz CT molecular complexity index is 444. The van der Waals surface area contributed by atoms with E-state index < -0.39 is 0 Å². The lowest BCUT2D eigenvalue weighted by Crippen LogP contribution is -2.27. The first-order valence-electron chi connectivity index (χ1n) is 6.93. The average molecular weight is 263 g/mol. The van der Waals surface area contributed by atoms with Crippen LogP contribution in [-0.4, -0.2) is 13.7 Å². The molecule has 1 N–H and O–H groups in total. The van der Waals surface area contributed by atoms with Gasteiger partial charge in [0.15, 0.2) is 0 Å². The third-order valence-electron chi connectivity index (χ3n) is 3.76. The van der Waals surface area contributed by atoms with Gasteiger partial charge in [-0.15, -0.1) is 0 Å². The van der Waals surface area contributed by atoms with E-state index in [9.17, 15) is 4.39 Å². The molecule has 0 heterocycles. The minimum atomic E-state index is -0.206. The van der Waals surface area contributed by atoms with Crippen molar-refractivity contribution < 1.29 is 9.13 Å². The molecule has 104 valence electrons. The lowest BCUT2D eigenvalue weighted by molar-refractivity contribution is 0.379. The molecular weight excluding hydrogens is 241 g/mol. The molecule has 2 rings (SSSR count). The summed E-state index contributed by atoms with van der Waals surface area (Å²) in [5.74, 6) is 1.07. The Morgan fingerprint density at radius 2 is 2.26 bits per heavy atom. The molecule has 0 bridgehead atoms. The standard InChI is InChI=1S/C16H22FNO/c1-12(18-11-13-7-4-3-5-8-13)16-14(17)9-6-10-15(16)19-2/h3-4,6,9-10,12-13,18H,5,7-8,11H2,1-2H3. The van der Waals surface area contributed by atoms with E-state index in [0.717, 1.165) is 19.4 Å². The summed E-state index contributed by atoms with van der Waals surface area (Å²) in [7, 11) is 1.58. The van der Waals surface area contributed by atoms with Crippen molar-refractivity contribution in [3.05, 3.63) is 41.7 Å². The summed E-state index contributed by atoms with van der Waals surface area (Å²) in [5, 5.41) is 3.43. The summed E-state index contributed by atoms with van der Waals surface area (Å²) in [6, 6.07) is 4.93. The predicted molar refractivity (Wildman–Crippen MR) is 75.9 cm³/mol. The fourth-order valence-electron chi connectivity index (χ4n) is 2.60. The van der Waals surface area contributed by atoms with Gasteiger partial charge in [-0.1, -0.05) is 18.2 Å². The molecule has 1 aliphatic rings. The van der Waals surface area contributed by atoms with Crippen molar-refractivity contribution in [2.24, 2.45) is 5.92 Å². The monoisotopic (exact) mass is 263 g/mol. The SMILES string of the molecule is COc1cccc(F)c1C(C)NCC1CC=CCC1. The first-order chi connectivity index (χ1) is 9.22. The number of rotatable bonds is 5. The Labute approximate surface area is 114 Å². The third kappa shape index (κ3) is 3.57. The molecule has 2 unspecified atom stereocenters. The Morgan fingerprint density at radius 3 is 2.95 bits per heavy atom. The van der Waals surface area contributed by atoms with Crippen LogP contribution in [0.5, 0.6) is 5.75 Å². The zero-order valence-corrected chi connectivity index (χ0v) is 11.7. The summed E-state index contributed by atoms with van der Waals surface area (Å²) in [5.41, 5.74) is 0.622. The Hall–Kier alpha value is -1.35. The fraction of sp³-hybridized carbons (Fsp3) is 0.500. The summed E-state index contributed by atoms with van der Waals surface area (Å²) in [6.45, 7) is 2.91. The minimum Gasteiger partial charge on any atom is -0.496 e.